The van der Waals surface area contributed by atoms with Crippen molar-refractivity contribution in [3.05, 3.63) is 24.3 Å². The van der Waals surface area contributed by atoms with Crippen LogP contribution in [0.4, 0.5) is 11.4 Å². The van der Waals surface area contributed by atoms with Crippen molar-refractivity contribution in [2.24, 2.45) is 0 Å². The van der Waals surface area contributed by atoms with Crippen molar-refractivity contribution >= 4 is 17.3 Å². The predicted octanol–water partition coefficient (Wildman–Crippen LogP) is 1.05. The predicted molar refractivity (Wildman–Crippen MR) is 75.8 cm³/mol. The number of nitrogen functional groups attached to an aromatic ring is 1. The van der Waals surface area contributed by atoms with Gasteiger partial charge >= 0.3 is 0 Å². The van der Waals surface area contributed by atoms with E-state index in [1.165, 1.54) is 0 Å². The van der Waals surface area contributed by atoms with Crippen molar-refractivity contribution in [3.63, 3.8) is 0 Å². The number of nitrogens with zero attached hydrogens (tertiary/aromatic N) is 1. The molecular weight excluding hydrogens is 242 g/mol. The molecule has 1 aromatic rings. The largest absolute Gasteiger partial charge is 0.399 e. The Balaban J connectivity index is 1.88. The molecule has 0 spiro atoms. The lowest BCUT2D eigenvalue weighted by Gasteiger charge is -2.33. The number of carbonyl (C=O) groups is 1. The lowest BCUT2D eigenvalue weighted by molar-refractivity contribution is -0.118. The number of likely N-dealkylation sites (tertiary alicyclic amines) is 1. The second-order valence-corrected chi connectivity index (χ2v) is 4.97. The smallest absolute Gasteiger partial charge is 0.238 e. The Bertz CT molecular complexity index is 419. The first-order chi connectivity index (χ1) is 9.19. The number of piperidine rings is 1. The van der Waals surface area contributed by atoms with Crippen LogP contribution in [0, 0.1) is 0 Å². The third-order valence-corrected chi connectivity index (χ3v) is 3.50. The quantitative estimate of drug-likeness (QED) is 0.710. The van der Waals surface area contributed by atoms with Gasteiger partial charge in [0, 0.05) is 17.4 Å². The second-order valence-electron chi connectivity index (χ2n) is 4.97. The van der Waals surface area contributed by atoms with Gasteiger partial charge in [-0.05, 0) is 43.7 Å². The zero-order valence-electron chi connectivity index (χ0n) is 11.0. The van der Waals surface area contributed by atoms with Crippen LogP contribution >= 0.6 is 0 Å². The van der Waals surface area contributed by atoms with Gasteiger partial charge in [-0.25, -0.2) is 0 Å². The minimum Gasteiger partial charge on any atom is -0.399 e. The van der Waals surface area contributed by atoms with Crippen LogP contribution in [-0.4, -0.2) is 41.7 Å². The molecule has 1 heterocycles. The highest BCUT2D eigenvalue weighted by molar-refractivity contribution is 5.92. The van der Waals surface area contributed by atoms with E-state index < -0.39 is 0 Å². The maximum Gasteiger partial charge on any atom is 0.238 e. The van der Waals surface area contributed by atoms with Crippen LogP contribution in [0.2, 0.25) is 0 Å². The summed E-state index contributed by atoms with van der Waals surface area (Å²) in [5.41, 5.74) is 7.02. The Labute approximate surface area is 113 Å². The fraction of sp³-hybridized carbons (Fsp3) is 0.500. The van der Waals surface area contributed by atoms with Crippen LogP contribution in [-0.2, 0) is 4.79 Å². The highest BCUT2D eigenvalue weighted by Crippen LogP contribution is 2.16. The SMILES string of the molecule is Nc1ccc(NC(=O)CN2CCCCC2CO)cc1. The van der Waals surface area contributed by atoms with Gasteiger partial charge in [-0.2, -0.15) is 0 Å². The summed E-state index contributed by atoms with van der Waals surface area (Å²) in [6.07, 6.45) is 3.18. The zero-order chi connectivity index (χ0) is 13.7. The number of rotatable bonds is 4. The minimum absolute atomic E-state index is 0.0508. The van der Waals surface area contributed by atoms with Gasteiger partial charge in [0.05, 0.1) is 13.2 Å². The van der Waals surface area contributed by atoms with E-state index in [-0.39, 0.29) is 18.6 Å². The van der Waals surface area contributed by atoms with Crippen LogP contribution in [0.5, 0.6) is 0 Å². The third kappa shape index (κ3) is 3.94. The van der Waals surface area contributed by atoms with Crippen molar-refractivity contribution in [2.45, 2.75) is 25.3 Å². The first kappa shape index (κ1) is 13.8. The topological polar surface area (TPSA) is 78.6 Å². The number of benzene rings is 1. The van der Waals surface area contributed by atoms with Crippen molar-refractivity contribution in [1.82, 2.24) is 4.90 Å². The molecule has 5 heteroatoms. The molecule has 1 fully saturated rings. The molecule has 0 radical (unpaired) electrons. The van der Waals surface area contributed by atoms with Gasteiger partial charge in [-0.1, -0.05) is 6.42 Å². The maximum absolute atomic E-state index is 12.0. The fourth-order valence-electron chi connectivity index (χ4n) is 2.43. The molecule has 0 bridgehead atoms. The number of hydrogen-bond acceptors (Lipinski definition) is 4. The van der Waals surface area contributed by atoms with Crippen molar-refractivity contribution < 1.29 is 9.90 Å². The molecule has 1 atom stereocenters. The monoisotopic (exact) mass is 263 g/mol. The van der Waals surface area contributed by atoms with Crippen LogP contribution in [0.1, 0.15) is 19.3 Å². The Morgan fingerprint density at radius 3 is 2.79 bits per heavy atom. The fourth-order valence-corrected chi connectivity index (χ4v) is 2.43. The summed E-state index contributed by atoms with van der Waals surface area (Å²) >= 11 is 0. The van der Waals surface area contributed by atoms with Crippen LogP contribution in [0.15, 0.2) is 24.3 Å². The number of amides is 1. The zero-order valence-corrected chi connectivity index (χ0v) is 11.0. The summed E-state index contributed by atoms with van der Waals surface area (Å²) in [7, 11) is 0. The first-order valence-electron chi connectivity index (χ1n) is 6.69. The molecule has 1 saturated heterocycles. The molecule has 2 rings (SSSR count). The standard InChI is InChI=1S/C14H21N3O2/c15-11-4-6-12(7-5-11)16-14(19)9-17-8-2-1-3-13(17)10-18/h4-7,13,18H,1-3,8-10,15H2,(H,16,19). The van der Waals surface area contributed by atoms with Crippen LogP contribution in [0.25, 0.3) is 0 Å². The molecular formula is C14H21N3O2. The molecule has 1 amide bonds. The lowest BCUT2D eigenvalue weighted by atomic mass is 10.0. The van der Waals surface area contributed by atoms with Crippen LogP contribution < -0.4 is 11.1 Å². The number of nitrogens with two attached hydrogens (primary N) is 1. The molecule has 1 unspecified atom stereocenters. The summed E-state index contributed by atoms with van der Waals surface area (Å²) < 4.78 is 0. The van der Waals surface area contributed by atoms with Crippen LogP contribution in [0.3, 0.4) is 0 Å². The molecule has 1 aromatic carbocycles. The van der Waals surface area contributed by atoms with E-state index in [1.54, 1.807) is 24.3 Å². The molecule has 0 aliphatic carbocycles. The van der Waals surface area contributed by atoms with E-state index in [0.717, 1.165) is 31.5 Å². The van der Waals surface area contributed by atoms with Gasteiger partial charge in [0.2, 0.25) is 5.91 Å². The van der Waals surface area contributed by atoms with E-state index in [4.69, 9.17) is 5.73 Å². The first-order valence-corrected chi connectivity index (χ1v) is 6.69. The van der Waals surface area contributed by atoms with E-state index in [1.807, 2.05) is 0 Å². The molecule has 104 valence electrons. The van der Waals surface area contributed by atoms with E-state index in [9.17, 15) is 9.90 Å². The highest BCUT2D eigenvalue weighted by Gasteiger charge is 2.23. The molecule has 5 nitrogen and oxygen atoms in total. The average Bonchev–Trinajstić information content (AvgIpc) is 2.42. The summed E-state index contributed by atoms with van der Waals surface area (Å²) in [6, 6.07) is 7.20. The highest BCUT2D eigenvalue weighted by atomic mass is 16.3. The number of hydrogen-bond donors (Lipinski definition) is 3. The minimum atomic E-state index is -0.0508. The number of carbonyl (C=O) groups excluding carboxylic acids is 1. The van der Waals surface area contributed by atoms with Gasteiger partial charge in [0.1, 0.15) is 0 Å². The van der Waals surface area contributed by atoms with Crippen molar-refractivity contribution in [1.29, 1.82) is 0 Å². The Kier molecular flexibility index (Phi) is 4.76. The Morgan fingerprint density at radius 2 is 2.11 bits per heavy atom. The number of nitrogens with one attached hydrogen (secondary N) is 1. The summed E-state index contributed by atoms with van der Waals surface area (Å²) in [5, 5.41) is 12.2. The Hall–Kier alpha value is -1.59. The molecule has 1 aliphatic heterocycles. The summed E-state index contributed by atoms with van der Waals surface area (Å²) in [6.45, 7) is 1.32. The average molecular weight is 263 g/mol. The normalized spacial score (nSPS) is 20.2. The van der Waals surface area contributed by atoms with Crippen molar-refractivity contribution in [3.8, 4) is 0 Å². The molecule has 4 N–H and O–H groups in total. The summed E-state index contributed by atoms with van der Waals surface area (Å²) in [5.74, 6) is -0.0508. The van der Waals surface area contributed by atoms with Crippen molar-refractivity contribution in [2.75, 3.05) is 30.7 Å². The third-order valence-electron chi connectivity index (χ3n) is 3.50. The van der Waals surface area contributed by atoms with E-state index >= 15 is 0 Å². The number of anilines is 2. The number of aliphatic hydroxyl groups excluding tert-OH is 1. The second kappa shape index (κ2) is 6.54. The molecule has 0 saturated carbocycles. The van der Waals surface area contributed by atoms with Gasteiger partial charge in [0.25, 0.3) is 0 Å². The molecule has 1 aliphatic rings. The van der Waals surface area contributed by atoms with Gasteiger partial charge in [0.15, 0.2) is 0 Å². The Morgan fingerprint density at radius 1 is 1.37 bits per heavy atom. The summed E-state index contributed by atoms with van der Waals surface area (Å²) in [4.78, 5) is 14.0. The maximum atomic E-state index is 12.0. The van der Waals surface area contributed by atoms with Gasteiger partial charge < -0.3 is 16.2 Å². The van der Waals surface area contributed by atoms with E-state index in [2.05, 4.69) is 10.2 Å². The van der Waals surface area contributed by atoms with E-state index in [0.29, 0.717) is 12.2 Å². The lowest BCUT2D eigenvalue weighted by Crippen LogP contribution is -2.45. The van der Waals surface area contributed by atoms with Gasteiger partial charge in [-0.3, -0.25) is 9.69 Å². The van der Waals surface area contributed by atoms with Gasteiger partial charge in [-0.15, -0.1) is 0 Å². The molecule has 0 aromatic heterocycles. The molecule has 19 heavy (non-hydrogen) atoms. The number of aliphatic hydroxyl groups is 1.